The lowest BCUT2D eigenvalue weighted by atomic mass is 10.1. The maximum absolute atomic E-state index is 11.8. The van der Waals surface area contributed by atoms with Crippen LogP contribution in [0.15, 0.2) is 66.0 Å². The van der Waals surface area contributed by atoms with Crippen molar-refractivity contribution in [3.05, 3.63) is 82.9 Å². The molecule has 0 fully saturated rings. The first kappa shape index (κ1) is 21.8. The first-order valence-electron chi connectivity index (χ1n) is 10.6. The molecule has 0 aliphatic carbocycles. The summed E-state index contributed by atoms with van der Waals surface area (Å²) in [6.07, 6.45) is 3.02. The minimum atomic E-state index is -0.905. The Balaban J connectivity index is 1.55. The van der Waals surface area contributed by atoms with E-state index in [1.165, 1.54) is 5.56 Å². The molecule has 32 heavy (non-hydrogen) atoms. The van der Waals surface area contributed by atoms with Crippen LogP contribution in [0, 0.1) is 6.92 Å². The molecule has 2 aromatic carbocycles. The molecule has 0 bridgehead atoms. The highest BCUT2D eigenvalue weighted by atomic mass is 32.1. The van der Waals surface area contributed by atoms with Crippen LogP contribution >= 0.6 is 11.3 Å². The van der Waals surface area contributed by atoms with E-state index in [-0.39, 0.29) is 0 Å². The van der Waals surface area contributed by atoms with Gasteiger partial charge in [-0.2, -0.15) is 0 Å². The third-order valence-corrected chi connectivity index (χ3v) is 6.53. The van der Waals surface area contributed by atoms with Gasteiger partial charge < -0.3 is 14.4 Å². The van der Waals surface area contributed by atoms with Crippen molar-refractivity contribution >= 4 is 17.3 Å². The van der Waals surface area contributed by atoms with Crippen LogP contribution in [-0.4, -0.2) is 27.7 Å². The maximum atomic E-state index is 11.8. The molecule has 2 heterocycles. The van der Waals surface area contributed by atoms with Crippen LogP contribution in [0.25, 0.3) is 22.0 Å². The molecule has 1 N–H and O–H groups in total. The van der Waals surface area contributed by atoms with Crippen molar-refractivity contribution < 1.29 is 14.6 Å². The summed E-state index contributed by atoms with van der Waals surface area (Å²) in [6.45, 7) is 2.64. The van der Waals surface area contributed by atoms with Gasteiger partial charge in [-0.1, -0.05) is 30.3 Å². The molecule has 0 saturated carbocycles. The average Bonchev–Trinajstić information content (AvgIpc) is 3.42. The van der Waals surface area contributed by atoms with Crippen molar-refractivity contribution in [3.63, 3.8) is 0 Å². The molecule has 5 nitrogen and oxygen atoms in total. The lowest BCUT2D eigenvalue weighted by Crippen LogP contribution is -2.05. The third kappa shape index (κ3) is 4.75. The molecule has 0 radical (unpaired) electrons. The van der Waals surface area contributed by atoms with Gasteiger partial charge in [0.1, 0.15) is 10.8 Å². The number of unbranched alkanes of at least 4 members (excludes halogenated alkanes) is 1. The fourth-order valence-corrected chi connectivity index (χ4v) is 4.68. The third-order valence-electron chi connectivity index (χ3n) is 5.64. The summed E-state index contributed by atoms with van der Waals surface area (Å²) >= 11 is 1.56. The van der Waals surface area contributed by atoms with Crippen molar-refractivity contribution in [1.82, 2.24) is 9.55 Å². The van der Waals surface area contributed by atoms with E-state index in [1.54, 1.807) is 24.5 Å². The first-order chi connectivity index (χ1) is 15.6. The van der Waals surface area contributed by atoms with Gasteiger partial charge in [0, 0.05) is 23.2 Å². The normalized spacial score (nSPS) is 10.9. The van der Waals surface area contributed by atoms with E-state index in [4.69, 9.17) is 9.72 Å². The van der Waals surface area contributed by atoms with E-state index in [1.807, 2.05) is 42.6 Å². The number of aromatic carboxylic acids is 1. The molecule has 0 unspecified atom stereocenters. The first-order valence-corrected chi connectivity index (χ1v) is 11.5. The van der Waals surface area contributed by atoms with Crippen molar-refractivity contribution in [2.45, 2.75) is 32.7 Å². The number of carboxylic acids is 1. The molecule has 0 atom stereocenters. The van der Waals surface area contributed by atoms with Gasteiger partial charge in [-0.3, -0.25) is 0 Å². The van der Waals surface area contributed by atoms with Gasteiger partial charge >= 0.3 is 5.97 Å². The van der Waals surface area contributed by atoms with Crippen LogP contribution in [0.1, 0.15) is 34.5 Å². The van der Waals surface area contributed by atoms with E-state index < -0.39 is 5.97 Å². The van der Waals surface area contributed by atoms with E-state index in [0.717, 1.165) is 59.2 Å². The number of hydrogen-bond acceptors (Lipinski definition) is 4. The van der Waals surface area contributed by atoms with E-state index in [9.17, 15) is 9.90 Å². The predicted octanol–water partition coefficient (Wildman–Crippen LogP) is 6.32. The van der Waals surface area contributed by atoms with Crippen molar-refractivity contribution in [2.75, 3.05) is 7.11 Å². The summed E-state index contributed by atoms with van der Waals surface area (Å²) in [7, 11) is 1.65. The summed E-state index contributed by atoms with van der Waals surface area (Å²) < 4.78 is 7.33. The lowest BCUT2D eigenvalue weighted by Gasteiger charge is -2.11. The Morgan fingerprint density at radius 3 is 2.53 bits per heavy atom. The Bertz CT molecular complexity index is 1190. The Labute approximate surface area is 192 Å². The van der Waals surface area contributed by atoms with Gasteiger partial charge in [-0.25, -0.2) is 9.78 Å². The topological polar surface area (TPSA) is 64.3 Å². The highest BCUT2D eigenvalue weighted by Gasteiger charge is 2.19. The molecule has 164 valence electrons. The standard InChI is InChI=1S/C26H26N2O3S/c1-18-22(26(29)30)16-24(28(18)15-7-6-10-19-8-4-3-5-9-19)23-17-32-25(27-23)20-11-13-21(31-2)14-12-20/h3-5,8-9,11-14,16-17H,6-7,10,15H2,1-2H3,(H,29,30). The molecule has 0 amide bonds. The number of methoxy groups -OCH3 is 1. The van der Waals surface area contributed by atoms with Crippen LogP contribution in [0.2, 0.25) is 0 Å². The number of rotatable bonds is 9. The maximum Gasteiger partial charge on any atom is 0.337 e. The molecular weight excluding hydrogens is 420 g/mol. The van der Waals surface area contributed by atoms with Crippen molar-refractivity contribution in [1.29, 1.82) is 0 Å². The second-order valence-electron chi connectivity index (χ2n) is 7.69. The van der Waals surface area contributed by atoms with Crippen molar-refractivity contribution in [3.8, 4) is 27.7 Å². The molecule has 6 heteroatoms. The molecular formula is C26H26N2O3S. The van der Waals surface area contributed by atoms with Crippen LogP contribution in [0.4, 0.5) is 0 Å². The van der Waals surface area contributed by atoms with Gasteiger partial charge in [0.25, 0.3) is 0 Å². The predicted molar refractivity (Wildman–Crippen MR) is 129 cm³/mol. The summed E-state index contributed by atoms with van der Waals surface area (Å²) in [6, 6.07) is 20.0. The summed E-state index contributed by atoms with van der Waals surface area (Å²) in [5.74, 6) is -0.103. The van der Waals surface area contributed by atoms with Crippen LogP contribution in [0.3, 0.4) is 0 Å². The number of hydrogen-bond donors (Lipinski definition) is 1. The highest BCUT2D eigenvalue weighted by Crippen LogP contribution is 2.32. The molecule has 0 aliphatic heterocycles. The lowest BCUT2D eigenvalue weighted by molar-refractivity contribution is 0.0696. The number of benzene rings is 2. The Hall–Kier alpha value is -3.38. The number of aryl methyl sites for hydroxylation is 1. The summed E-state index contributed by atoms with van der Waals surface area (Å²) in [4.78, 5) is 16.6. The SMILES string of the molecule is COc1ccc(-c2nc(-c3cc(C(=O)O)c(C)n3CCCCc3ccccc3)cs2)cc1. The van der Waals surface area contributed by atoms with Crippen molar-refractivity contribution in [2.24, 2.45) is 0 Å². The quantitative estimate of drug-likeness (QED) is 0.306. The molecule has 0 spiro atoms. The molecule has 4 rings (SSSR count). The number of carbonyl (C=O) groups is 1. The zero-order valence-corrected chi connectivity index (χ0v) is 19.1. The van der Waals surface area contributed by atoms with Gasteiger partial charge in [0.05, 0.1) is 24.1 Å². The number of nitrogens with zero attached hydrogens (tertiary/aromatic N) is 2. The second-order valence-corrected chi connectivity index (χ2v) is 8.55. The molecule has 0 saturated heterocycles. The van der Waals surface area contributed by atoms with Crippen LogP contribution in [0.5, 0.6) is 5.75 Å². The molecule has 2 aromatic heterocycles. The Kier molecular flexibility index (Phi) is 6.71. The number of ether oxygens (including phenoxy) is 1. The van der Waals surface area contributed by atoms with Gasteiger partial charge in [0.15, 0.2) is 0 Å². The fourth-order valence-electron chi connectivity index (χ4n) is 3.86. The van der Waals surface area contributed by atoms with Gasteiger partial charge in [0.2, 0.25) is 0 Å². The number of carboxylic acid groups (broad SMARTS) is 1. The summed E-state index contributed by atoms with van der Waals surface area (Å²) in [5, 5.41) is 12.6. The number of thiazole rings is 1. The van der Waals surface area contributed by atoms with Crippen LogP contribution < -0.4 is 4.74 Å². The Morgan fingerprint density at radius 1 is 1.09 bits per heavy atom. The van der Waals surface area contributed by atoms with Gasteiger partial charge in [-0.15, -0.1) is 11.3 Å². The average molecular weight is 447 g/mol. The number of aromatic nitrogens is 2. The highest BCUT2D eigenvalue weighted by molar-refractivity contribution is 7.13. The minimum Gasteiger partial charge on any atom is -0.497 e. The smallest absolute Gasteiger partial charge is 0.337 e. The van der Waals surface area contributed by atoms with E-state index >= 15 is 0 Å². The zero-order valence-electron chi connectivity index (χ0n) is 18.2. The largest absolute Gasteiger partial charge is 0.497 e. The second kappa shape index (κ2) is 9.83. The van der Waals surface area contributed by atoms with Gasteiger partial charge in [-0.05, 0) is 62.1 Å². The summed E-state index contributed by atoms with van der Waals surface area (Å²) in [5.41, 5.74) is 5.10. The zero-order chi connectivity index (χ0) is 22.5. The van der Waals surface area contributed by atoms with E-state index in [0.29, 0.717) is 5.56 Å². The van der Waals surface area contributed by atoms with Crippen LogP contribution in [-0.2, 0) is 13.0 Å². The molecule has 0 aliphatic rings. The monoisotopic (exact) mass is 446 g/mol. The minimum absolute atomic E-state index is 0.335. The Morgan fingerprint density at radius 2 is 1.84 bits per heavy atom. The van der Waals surface area contributed by atoms with E-state index in [2.05, 4.69) is 28.8 Å². The molecule has 4 aromatic rings. The fraction of sp³-hybridized carbons (Fsp3) is 0.231.